The van der Waals surface area contributed by atoms with Crippen LogP contribution in [0, 0.1) is 6.92 Å². The summed E-state index contributed by atoms with van der Waals surface area (Å²) in [6.45, 7) is 1.64. The molecule has 1 heterocycles. The number of aliphatic hydroxyl groups excluding tert-OH is 1. The summed E-state index contributed by atoms with van der Waals surface area (Å²) in [6.07, 6.45) is -1.42. The Balaban J connectivity index is 2.28. The van der Waals surface area contributed by atoms with Gasteiger partial charge >= 0.3 is 0 Å². The molecule has 1 aromatic carbocycles. The molecule has 7 nitrogen and oxygen atoms in total. The molecular weight excluding hydrogens is 302 g/mol. The second-order valence-electron chi connectivity index (χ2n) is 4.13. The minimum Gasteiger partial charge on any atom is -0.368 e. The van der Waals surface area contributed by atoms with Crippen LogP contribution in [0.15, 0.2) is 28.6 Å². The first-order valence-electron chi connectivity index (χ1n) is 5.63. The van der Waals surface area contributed by atoms with Crippen LogP contribution in [0.2, 0.25) is 0 Å². The zero-order valence-electron chi connectivity index (χ0n) is 10.5. The van der Waals surface area contributed by atoms with Gasteiger partial charge in [0.05, 0.1) is 4.90 Å². The van der Waals surface area contributed by atoms with Crippen LogP contribution in [-0.4, -0.2) is 35.1 Å². The Morgan fingerprint density at radius 3 is 2.70 bits per heavy atom. The first-order chi connectivity index (χ1) is 9.38. The van der Waals surface area contributed by atoms with Gasteiger partial charge in [-0.3, -0.25) is 4.72 Å². The maximum atomic E-state index is 12.2. The Hall–Kier alpha value is -1.55. The highest BCUT2D eigenvalue weighted by molar-refractivity contribution is 7.93. The summed E-state index contributed by atoms with van der Waals surface area (Å²) in [7, 11) is -3.73. The van der Waals surface area contributed by atoms with E-state index in [-0.39, 0.29) is 16.4 Å². The lowest BCUT2D eigenvalue weighted by molar-refractivity contribution is -0.0381. The topological polar surface area (TPSA) is 112 Å². The van der Waals surface area contributed by atoms with Crippen molar-refractivity contribution in [3.8, 4) is 0 Å². The molecule has 0 aliphatic carbocycles. The number of sulfonamides is 1. The number of aryl methyl sites for hydroxylation is 1. The lowest BCUT2D eigenvalue weighted by Gasteiger charge is -2.10. The molecule has 0 spiro atoms. The molecule has 0 bridgehead atoms. The summed E-state index contributed by atoms with van der Waals surface area (Å²) in [5.74, 6) is 0. The zero-order chi connectivity index (χ0) is 14.8. The normalized spacial score (nSPS) is 11.8. The van der Waals surface area contributed by atoms with Gasteiger partial charge in [-0.05, 0) is 24.1 Å². The van der Waals surface area contributed by atoms with Gasteiger partial charge in [-0.2, -0.15) is 0 Å². The molecule has 0 saturated heterocycles. The predicted molar refractivity (Wildman–Crippen MR) is 73.8 cm³/mol. The van der Waals surface area contributed by atoms with Crippen molar-refractivity contribution in [3.63, 3.8) is 0 Å². The predicted octanol–water partition coefficient (Wildman–Crippen LogP) is 0.501. The van der Waals surface area contributed by atoms with Gasteiger partial charge < -0.3 is 10.2 Å². The van der Waals surface area contributed by atoms with Crippen molar-refractivity contribution < 1.29 is 18.6 Å². The van der Waals surface area contributed by atoms with Crippen LogP contribution >= 0.6 is 11.3 Å². The van der Waals surface area contributed by atoms with E-state index in [2.05, 4.69) is 14.9 Å². The van der Waals surface area contributed by atoms with Crippen LogP contribution in [0.25, 0.3) is 0 Å². The van der Waals surface area contributed by atoms with Crippen LogP contribution in [-0.2, 0) is 16.4 Å². The molecule has 108 valence electrons. The van der Waals surface area contributed by atoms with Crippen molar-refractivity contribution in [2.75, 3.05) is 4.72 Å². The molecule has 1 aromatic heterocycles. The molecule has 2 rings (SSSR count). The second-order valence-corrected chi connectivity index (χ2v) is 6.62. The first-order valence-corrected chi connectivity index (χ1v) is 7.99. The number of rotatable bonds is 5. The van der Waals surface area contributed by atoms with E-state index in [4.69, 9.17) is 10.2 Å². The summed E-state index contributed by atoms with van der Waals surface area (Å²) >= 11 is 1.08. The third kappa shape index (κ3) is 3.51. The van der Waals surface area contributed by atoms with Crippen molar-refractivity contribution in [2.24, 2.45) is 0 Å². The fraction of sp³-hybridized carbons (Fsp3) is 0.273. The van der Waals surface area contributed by atoms with Gasteiger partial charge in [0.2, 0.25) is 5.13 Å². The van der Waals surface area contributed by atoms with E-state index in [1.165, 1.54) is 11.6 Å². The summed E-state index contributed by atoms with van der Waals surface area (Å²) in [4.78, 5) is 0.115. The summed E-state index contributed by atoms with van der Waals surface area (Å²) in [6, 6.07) is 4.58. The van der Waals surface area contributed by atoms with Gasteiger partial charge in [-0.25, -0.2) is 8.42 Å². The number of hydrogen-bond acceptors (Lipinski definition) is 7. The van der Waals surface area contributed by atoms with Gasteiger partial charge in [0, 0.05) is 6.42 Å². The number of benzene rings is 1. The van der Waals surface area contributed by atoms with Crippen molar-refractivity contribution in [2.45, 2.75) is 24.5 Å². The monoisotopic (exact) mass is 315 g/mol. The lowest BCUT2D eigenvalue weighted by Crippen LogP contribution is -2.15. The Morgan fingerprint density at radius 1 is 1.40 bits per heavy atom. The fourth-order valence-corrected chi connectivity index (χ4v) is 3.66. The maximum Gasteiger partial charge on any atom is 0.263 e. The highest BCUT2D eigenvalue weighted by Crippen LogP contribution is 2.21. The molecule has 0 saturated carbocycles. The van der Waals surface area contributed by atoms with E-state index in [9.17, 15) is 8.42 Å². The van der Waals surface area contributed by atoms with E-state index < -0.39 is 16.3 Å². The lowest BCUT2D eigenvalue weighted by atomic mass is 10.1. The van der Waals surface area contributed by atoms with Gasteiger partial charge in [0.25, 0.3) is 10.0 Å². The Bertz CT molecular complexity index is 684. The molecular formula is C11H13N3O4S2. The molecule has 0 aliphatic rings. The van der Waals surface area contributed by atoms with Crippen molar-refractivity contribution >= 4 is 26.5 Å². The van der Waals surface area contributed by atoms with Gasteiger partial charge in [-0.15, -0.1) is 10.2 Å². The largest absolute Gasteiger partial charge is 0.368 e. The average Bonchev–Trinajstić information content (AvgIpc) is 2.79. The van der Waals surface area contributed by atoms with Crippen LogP contribution in [0.5, 0.6) is 0 Å². The molecule has 0 fully saturated rings. The van der Waals surface area contributed by atoms with E-state index in [0.29, 0.717) is 11.1 Å². The molecule has 9 heteroatoms. The Kier molecular flexibility index (Phi) is 4.33. The molecule has 0 amide bonds. The zero-order valence-corrected chi connectivity index (χ0v) is 12.1. The van der Waals surface area contributed by atoms with Gasteiger partial charge in [-0.1, -0.05) is 23.5 Å². The van der Waals surface area contributed by atoms with Crippen LogP contribution < -0.4 is 4.72 Å². The summed E-state index contributed by atoms with van der Waals surface area (Å²) in [5.41, 5.74) is 2.59. The summed E-state index contributed by atoms with van der Waals surface area (Å²) < 4.78 is 26.7. The third-order valence-corrected chi connectivity index (χ3v) is 4.76. The van der Waals surface area contributed by atoms with Crippen molar-refractivity contribution in [1.29, 1.82) is 0 Å². The molecule has 2 aromatic rings. The van der Waals surface area contributed by atoms with E-state index >= 15 is 0 Å². The average molecular weight is 315 g/mol. The standard InChI is InChI=1S/C11H13N3O4S2/c1-7-4-8(5-10(15)16)2-3-9(7)20(17,18)14-11-13-12-6-19-11/h2-4,6,10,15-16H,5H2,1H3,(H,13,14). The minimum atomic E-state index is -3.73. The Morgan fingerprint density at radius 2 is 2.15 bits per heavy atom. The number of aliphatic hydroxyl groups is 2. The van der Waals surface area contributed by atoms with Crippen LogP contribution in [0.4, 0.5) is 5.13 Å². The molecule has 0 radical (unpaired) electrons. The number of aromatic nitrogens is 2. The molecule has 0 unspecified atom stereocenters. The number of hydrogen-bond donors (Lipinski definition) is 3. The highest BCUT2D eigenvalue weighted by atomic mass is 32.2. The van der Waals surface area contributed by atoms with E-state index in [0.717, 1.165) is 11.3 Å². The molecule has 3 N–H and O–H groups in total. The van der Waals surface area contributed by atoms with Gasteiger partial charge in [0.15, 0.2) is 6.29 Å². The quantitative estimate of drug-likeness (QED) is 0.693. The minimum absolute atomic E-state index is 0.0466. The fourth-order valence-electron chi connectivity index (χ4n) is 1.74. The molecule has 20 heavy (non-hydrogen) atoms. The SMILES string of the molecule is Cc1cc(CC(O)O)ccc1S(=O)(=O)Nc1nncs1. The second kappa shape index (κ2) is 5.83. The van der Waals surface area contributed by atoms with E-state index in [1.807, 2.05) is 0 Å². The Labute approximate surface area is 120 Å². The van der Waals surface area contributed by atoms with Crippen molar-refractivity contribution in [3.05, 3.63) is 34.8 Å². The maximum absolute atomic E-state index is 12.2. The highest BCUT2D eigenvalue weighted by Gasteiger charge is 2.18. The third-order valence-electron chi connectivity index (χ3n) is 2.53. The number of nitrogens with one attached hydrogen (secondary N) is 1. The van der Waals surface area contributed by atoms with E-state index in [1.54, 1.807) is 19.1 Å². The summed E-state index contributed by atoms with van der Waals surface area (Å²) in [5, 5.41) is 25.2. The number of anilines is 1. The van der Waals surface area contributed by atoms with Crippen LogP contribution in [0.1, 0.15) is 11.1 Å². The number of nitrogens with zero attached hydrogens (tertiary/aromatic N) is 2. The molecule has 0 atom stereocenters. The molecule has 0 aliphatic heterocycles. The first kappa shape index (κ1) is 14.9. The van der Waals surface area contributed by atoms with Crippen LogP contribution in [0.3, 0.4) is 0 Å². The van der Waals surface area contributed by atoms with Gasteiger partial charge in [0.1, 0.15) is 5.51 Å². The van der Waals surface area contributed by atoms with Crippen molar-refractivity contribution in [1.82, 2.24) is 10.2 Å². The smallest absolute Gasteiger partial charge is 0.263 e.